The van der Waals surface area contributed by atoms with Crippen LogP contribution in [0.1, 0.15) is 0 Å². The minimum absolute atomic E-state index is 0.0102. The molecule has 1 heterocycles. The molecule has 0 aliphatic heterocycles. The summed E-state index contributed by atoms with van der Waals surface area (Å²) in [6, 6.07) is 17.8. The van der Waals surface area contributed by atoms with Crippen LogP contribution in [0.3, 0.4) is 0 Å². The summed E-state index contributed by atoms with van der Waals surface area (Å²) in [5.41, 5.74) is -0.850. The second-order valence-corrected chi connectivity index (χ2v) is 4.47. The van der Waals surface area contributed by atoms with Crippen LogP contribution >= 0.6 is 0 Å². The number of aromatic nitrogens is 2. The van der Waals surface area contributed by atoms with Gasteiger partial charge < -0.3 is 0 Å². The lowest BCUT2D eigenvalue weighted by Crippen LogP contribution is -2.36. The molecule has 5 heteroatoms. The molecule has 0 aliphatic rings. The highest BCUT2D eigenvalue weighted by atomic mass is 19.2. The van der Waals surface area contributed by atoms with E-state index in [0.717, 1.165) is 10.6 Å². The van der Waals surface area contributed by atoms with E-state index < -0.39 is 11.2 Å². The standard InChI is InChI=1S/C16H11FN2O2/c17-19-14(12-7-3-1-4-8-12)11-15(20)18(16(19)21)13-9-5-2-6-10-13/h1-11H. The summed E-state index contributed by atoms with van der Waals surface area (Å²) in [4.78, 5) is 24.3. The molecule has 21 heavy (non-hydrogen) atoms. The second-order valence-electron chi connectivity index (χ2n) is 4.47. The third kappa shape index (κ3) is 2.29. The van der Waals surface area contributed by atoms with Crippen LogP contribution in [0.2, 0.25) is 0 Å². The second kappa shape index (κ2) is 5.20. The van der Waals surface area contributed by atoms with E-state index in [4.69, 9.17) is 0 Å². The van der Waals surface area contributed by atoms with E-state index in [-0.39, 0.29) is 10.5 Å². The molecule has 0 saturated heterocycles. The Labute approximate surface area is 119 Å². The Morgan fingerprint density at radius 3 is 2.00 bits per heavy atom. The largest absolute Gasteiger partial charge is 0.364 e. The van der Waals surface area contributed by atoms with Gasteiger partial charge in [0.25, 0.3) is 5.56 Å². The molecule has 0 radical (unpaired) electrons. The van der Waals surface area contributed by atoms with Crippen LogP contribution < -0.4 is 11.2 Å². The normalized spacial score (nSPS) is 10.5. The third-order valence-corrected chi connectivity index (χ3v) is 3.14. The molecule has 3 aromatic rings. The Bertz CT molecular complexity index is 884. The summed E-state index contributed by atoms with van der Waals surface area (Å²) in [6.45, 7) is 0. The van der Waals surface area contributed by atoms with E-state index in [2.05, 4.69) is 0 Å². The van der Waals surface area contributed by atoms with E-state index in [9.17, 15) is 14.1 Å². The first-order valence-electron chi connectivity index (χ1n) is 6.34. The lowest BCUT2D eigenvalue weighted by Gasteiger charge is -2.09. The molecule has 0 amide bonds. The van der Waals surface area contributed by atoms with Crippen LogP contribution in [0.25, 0.3) is 16.9 Å². The summed E-state index contributed by atoms with van der Waals surface area (Å²) in [6.07, 6.45) is 0. The number of benzene rings is 2. The number of hydrogen-bond acceptors (Lipinski definition) is 2. The van der Waals surface area contributed by atoms with Gasteiger partial charge in [-0.15, -0.1) is 4.79 Å². The molecule has 0 fully saturated rings. The molecular formula is C16H11FN2O2. The van der Waals surface area contributed by atoms with Crippen LogP contribution in [0.15, 0.2) is 76.3 Å². The Hall–Kier alpha value is -2.95. The number of nitrogens with zero attached hydrogens (tertiary/aromatic N) is 2. The smallest absolute Gasteiger partial charge is 0.269 e. The molecule has 4 nitrogen and oxygen atoms in total. The minimum atomic E-state index is -1.02. The first kappa shape index (κ1) is 13.1. The summed E-state index contributed by atoms with van der Waals surface area (Å²) >= 11 is 0. The van der Waals surface area contributed by atoms with E-state index in [1.165, 1.54) is 0 Å². The minimum Gasteiger partial charge on any atom is -0.269 e. The summed E-state index contributed by atoms with van der Waals surface area (Å²) in [5.74, 6) is 0. The predicted molar refractivity (Wildman–Crippen MR) is 78.2 cm³/mol. The highest BCUT2D eigenvalue weighted by Gasteiger charge is 2.13. The molecule has 0 atom stereocenters. The zero-order chi connectivity index (χ0) is 14.8. The topological polar surface area (TPSA) is 44.0 Å². The van der Waals surface area contributed by atoms with Gasteiger partial charge in [0.1, 0.15) is 0 Å². The van der Waals surface area contributed by atoms with Crippen LogP contribution in [-0.2, 0) is 0 Å². The first-order chi connectivity index (χ1) is 10.2. The molecule has 3 rings (SSSR count). The van der Waals surface area contributed by atoms with Crippen molar-refractivity contribution in [1.29, 1.82) is 0 Å². The van der Waals surface area contributed by atoms with Crippen molar-refractivity contribution < 1.29 is 4.48 Å². The van der Waals surface area contributed by atoms with Gasteiger partial charge in [0, 0.05) is 11.6 Å². The molecule has 0 N–H and O–H groups in total. The maximum atomic E-state index is 14.3. The van der Waals surface area contributed by atoms with E-state index in [0.29, 0.717) is 11.3 Å². The van der Waals surface area contributed by atoms with Crippen molar-refractivity contribution in [2.45, 2.75) is 0 Å². The molecule has 104 valence electrons. The molecule has 1 aromatic heterocycles. The van der Waals surface area contributed by atoms with Crippen LogP contribution in [0.5, 0.6) is 0 Å². The Kier molecular flexibility index (Phi) is 3.23. The van der Waals surface area contributed by atoms with E-state index >= 15 is 0 Å². The fraction of sp³-hybridized carbons (Fsp3) is 0. The van der Waals surface area contributed by atoms with Gasteiger partial charge in [-0.05, 0) is 12.1 Å². The van der Waals surface area contributed by atoms with E-state index in [1.807, 2.05) is 0 Å². The number of rotatable bonds is 2. The van der Waals surface area contributed by atoms with Crippen molar-refractivity contribution >= 4 is 0 Å². The molecule has 0 aliphatic carbocycles. The van der Waals surface area contributed by atoms with Crippen molar-refractivity contribution in [2.75, 3.05) is 0 Å². The van der Waals surface area contributed by atoms with Gasteiger partial charge in [-0.2, -0.15) is 0 Å². The fourth-order valence-electron chi connectivity index (χ4n) is 2.14. The number of halogens is 1. The average molecular weight is 282 g/mol. The Morgan fingerprint density at radius 2 is 1.38 bits per heavy atom. The van der Waals surface area contributed by atoms with Crippen molar-refractivity contribution in [3.63, 3.8) is 0 Å². The van der Waals surface area contributed by atoms with Crippen molar-refractivity contribution in [3.05, 3.63) is 87.6 Å². The highest BCUT2D eigenvalue weighted by molar-refractivity contribution is 5.58. The molecule has 2 aromatic carbocycles. The van der Waals surface area contributed by atoms with Crippen LogP contribution in [0.4, 0.5) is 4.48 Å². The molecule has 0 unspecified atom stereocenters. The quantitative estimate of drug-likeness (QED) is 0.724. The summed E-state index contributed by atoms with van der Waals surface area (Å²) in [5, 5.41) is 0. The maximum absolute atomic E-state index is 14.3. The lowest BCUT2D eigenvalue weighted by atomic mass is 10.1. The zero-order valence-corrected chi connectivity index (χ0v) is 10.9. The zero-order valence-electron chi connectivity index (χ0n) is 10.9. The van der Waals surface area contributed by atoms with Gasteiger partial charge in [-0.3, -0.25) is 4.79 Å². The Balaban J connectivity index is 2.27. The Morgan fingerprint density at radius 1 is 0.810 bits per heavy atom. The van der Waals surface area contributed by atoms with Crippen molar-refractivity contribution in [1.82, 2.24) is 9.36 Å². The molecule has 0 saturated carbocycles. The first-order valence-corrected chi connectivity index (χ1v) is 6.34. The van der Waals surface area contributed by atoms with Gasteiger partial charge in [-0.1, -0.05) is 53.0 Å². The number of hydrogen-bond donors (Lipinski definition) is 0. The third-order valence-electron chi connectivity index (χ3n) is 3.14. The lowest BCUT2D eigenvalue weighted by molar-refractivity contribution is 0.343. The highest BCUT2D eigenvalue weighted by Crippen LogP contribution is 2.16. The van der Waals surface area contributed by atoms with Gasteiger partial charge in [0.2, 0.25) is 0 Å². The van der Waals surface area contributed by atoms with Gasteiger partial charge >= 0.3 is 5.69 Å². The van der Waals surface area contributed by atoms with E-state index in [1.54, 1.807) is 60.7 Å². The van der Waals surface area contributed by atoms with Crippen LogP contribution in [-0.4, -0.2) is 9.36 Å². The average Bonchev–Trinajstić information content (AvgIpc) is 2.53. The van der Waals surface area contributed by atoms with Crippen molar-refractivity contribution in [2.24, 2.45) is 0 Å². The number of para-hydroxylation sites is 1. The van der Waals surface area contributed by atoms with Gasteiger partial charge in [0.15, 0.2) is 0 Å². The maximum Gasteiger partial charge on any atom is 0.364 e. The monoisotopic (exact) mass is 282 g/mol. The summed E-state index contributed by atoms with van der Waals surface area (Å²) in [7, 11) is 0. The van der Waals surface area contributed by atoms with Gasteiger partial charge in [0.05, 0.1) is 11.4 Å². The SMILES string of the molecule is O=c1cc(-c2ccccc2)n(F)c(=O)n1-c1ccccc1. The molecule has 0 bridgehead atoms. The van der Waals surface area contributed by atoms with Gasteiger partial charge in [-0.25, -0.2) is 9.36 Å². The summed E-state index contributed by atoms with van der Waals surface area (Å²) < 4.78 is 15.1. The fourth-order valence-corrected chi connectivity index (χ4v) is 2.14. The predicted octanol–water partition coefficient (Wildman–Crippen LogP) is 2.40. The molecular weight excluding hydrogens is 271 g/mol. The van der Waals surface area contributed by atoms with Crippen LogP contribution in [0, 0.1) is 0 Å². The molecule has 0 spiro atoms. The van der Waals surface area contributed by atoms with Crippen molar-refractivity contribution in [3.8, 4) is 16.9 Å².